The van der Waals surface area contributed by atoms with Crippen molar-refractivity contribution in [2.75, 3.05) is 5.32 Å². The summed E-state index contributed by atoms with van der Waals surface area (Å²) in [6.45, 7) is 0. The fraction of sp³-hybridized carbons (Fsp3) is 0.455. The highest BCUT2D eigenvalue weighted by Gasteiger charge is 2.31. The lowest BCUT2D eigenvalue weighted by molar-refractivity contribution is -0.122. The Balaban J connectivity index is 1.99. The lowest BCUT2D eigenvalue weighted by Crippen LogP contribution is -2.28. The summed E-state index contributed by atoms with van der Waals surface area (Å²) in [6.07, 6.45) is 3.34. The zero-order chi connectivity index (χ0) is 11.5. The molecule has 0 aromatic carbocycles. The summed E-state index contributed by atoms with van der Waals surface area (Å²) in [5, 5.41) is 12.7. The standard InChI is InChI=1S/C11H13ClN2O2/c12-10-5-4-7(6-13-10)14-11(16)8-2-1-3-9(8)15/h4-6,8-9,15H,1-3H2,(H,14,16). The molecule has 2 unspecified atom stereocenters. The molecule has 0 radical (unpaired) electrons. The Morgan fingerprint density at radius 2 is 2.31 bits per heavy atom. The third-order valence-electron chi connectivity index (χ3n) is 2.81. The monoisotopic (exact) mass is 240 g/mol. The Labute approximate surface area is 98.6 Å². The first-order valence-electron chi connectivity index (χ1n) is 5.27. The van der Waals surface area contributed by atoms with Gasteiger partial charge in [-0.1, -0.05) is 11.6 Å². The maximum absolute atomic E-state index is 11.8. The van der Waals surface area contributed by atoms with Crippen LogP contribution >= 0.6 is 11.6 Å². The van der Waals surface area contributed by atoms with Crippen LogP contribution in [0.5, 0.6) is 0 Å². The van der Waals surface area contributed by atoms with Crippen molar-refractivity contribution in [1.82, 2.24) is 4.98 Å². The summed E-state index contributed by atoms with van der Waals surface area (Å²) in [5.41, 5.74) is 0.605. The summed E-state index contributed by atoms with van der Waals surface area (Å²) in [6, 6.07) is 3.30. The van der Waals surface area contributed by atoms with Crippen LogP contribution in [0.15, 0.2) is 18.3 Å². The van der Waals surface area contributed by atoms with Gasteiger partial charge in [0, 0.05) is 0 Å². The molecule has 1 aliphatic rings. The van der Waals surface area contributed by atoms with E-state index in [1.54, 1.807) is 12.1 Å². The zero-order valence-electron chi connectivity index (χ0n) is 8.69. The second kappa shape index (κ2) is 4.80. The molecule has 4 nitrogen and oxygen atoms in total. The van der Waals surface area contributed by atoms with Crippen LogP contribution in [0.4, 0.5) is 5.69 Å². The van der Waals surface area contributed by atoms with Crippen LogP contribution < -0.4 is 5.32 Å². The molecular weight excluding hydrogens is 228 g/mol. The topological polar surface area (TPSA) is 62.2 Å². The molecule has 2 atom stereocenters. The molecule has 1 heterocycles. The van der Waals surface area contributed by atoms with Crippen molar-refractivity contribution >= 4 is 23.2 Å². The van der Waals surface area contributed by atoms with E-state index in [1.807, 2.05) is 0 Å². The summed E-state index contributed by atoms with van der Waals surface area (Å²) >= 11 is 5.63. The van der Waals surface area contributed by atoms with E-state index in [-0.39, 0.29) is 11.8 Å². The SMILES string of the molecule is O=C(Nc1ccc(Cl)nc1)C1CCCC1O. The number of aromatic nitrogens is 1. The van der Waals surface area contributed by atoms with Crippen LogP contribution in [0.2, 0.25) is 5.15 Å². The molecule has 5 heteroatoms. The minimum absolute atomic E-state index is 0.144. The van der Waals surface area contributed by atoms with Crippen molar-refractivity contribution in [2.24, 2.45) is 5.92 Å². The number of carbonyl (C=O) groups excluding carboxylic acids is 1. The molecule has 0 bridgehead atoms. The molecule has 1 aromatic rings. The average molecular weight is 241 g/mol. The van der Waals surface area contributed by atoms with Gasteiger partial charge in [0.2, 0.25) is 5.91 Å². The number of nitrogens with zero attached hydrogens (tertiary/aromatic N) is 1. The lowest BCUT2D eigenvalue weighted by atomic mass is 10.1. The number of amides is 1. The second-order valence-electron chi connectivity index (χ2n) is 3.96. The molecule has 2 rings (SSSR count). The number of pyridine rings is 1. The second-order valence-corrected chi connectivity index (χ2v) is 4.35. The van der Waals surface area contributed by atoms with Gasteiger partial charge in [0.25, 0.3) is 0 Å². The van der Waals surface area contributed by atoms with E-state index in [4.69, 9.17) is 11.6 Å². The molecule has 1 aliphatic carbocycles. The van der Waals surface area contributed by atoms with Crippen LogP contribution in [0.3, 0.4) is 0 Å². The smallest absolute Gasteiger partial charge is 0.230 e. The number of aliphatic hydroxyl groups excluding tert-OH is 1. The quantitative estimate of drug-likeness (QED) is 0.776. The Morgan fingerprint density at radius 1 is 1.50 bits per heavy atom. The third-order valence-corrected chi connectivity index (χ3v) is 3.03. The van der Waals surface area contributed by atoms with Gasteiger partial charge < -0.3 is 10.4 Å². The van der Waals surface area contributed by atoms with Crippen molar-refractivity contribution in [3.05, 3.63) is 23.5 Å². The van der Waals surface area contributed by atoms with E-state index in [1.165, 1.54) is 6.20 Å². The molecule has 1 saturated carbocycles. The summed E-state index contributed by atoms with van der Waals surface area (Å²) in [4.78, 5) is 15.6. The fourth-order valence-corrected chi connectivity index (χ4v) is 2.04. The molecule has 0 spiro atoms. The Hall–Kier alpha value is -1.13. The first-order valence-corrected chi connectivity index (χ1v) is 5.65. The van der Waals surface area contributed by atoms with Crippen molar-refractivity contribution < 1.29 is 9.90 Å². The lowest BCUT2D eigenvalue weighted by Gasteiger charge is -2.14. The first kappa shape index (κ1) is 11.4. The molecule has 86 valence electrons. The largest absolute Gasteiger partial charge is 0.392 e. The molecule has 16 heavy (non-hydrogen) atoms. The van der Waals surface area contributed by atoms with Crippen LogP contribution in [-0.2, 0) is 4.79 Å². The predicted molar refractivity (Wildman–Crippen MR) is 61.2 cm³/mol. The maximum atomic E-state index is 11.8. The zero-order valence-corrected chi connectivity index (χ0v) is 9.44. The van der Waals surface area contributed by atoms with Gasteiger partial charge in [0.1, 0.15) is 5.15 Å². The van der Waals surface area contributed by atoms with Gasteiger partial charge >= 0.3 is 0 Å². The average Bonchev–Trinajstić information content (AvgIpc) is 2.68. The number of hydrogen-bond acceptors (Lipinski definition) is 3. The number of anilines is 1. The van der Waals surface area contributed by atoms with Gasteiger partial charge in [-0.3, -0.25) is 4.79 Å². The number of hydrogen-bond donors (Lipinski definition) is 2. The molecule has 0 saturated heterocycles. The maximum Gasteiger partial charge on any atom is 0.230 e. The minimum Gasteiger partial charge on any atom is -0.392 e. The minimum atomic E-state index is -0.514. The van der Waals surface area contributed by atoms with Crippen molar-refractivity contribution in [3.63, 3.8) is 0 Å². The van der Waals surface area contributed by atoms with Crippen molar-refractivity contribution in [3.8, 4) is 0 Å². The highest BCUT2D eigenvalue weighted by molar-refractivity contribution is 6.29. The molecule has 2 N–H and O–H groups in total. The van der Waals surface area contributed by atoms with Crippen LogP contribution in [0, 0.1) is 5.92 Å². The van der Waals surface area contributed by atoms with Gasteiger partial charge in [-0.2, -0.15) is 0 Å². The Kier molecular flexibility index (Phi) is 3.41. The van der Waals surface area contributed by atoms with Crippen molar-refractivity contribution in [2.45, 2.75) is 25.4 Å². The van der Waals surface area contributed by atoms with Gasteiger partial charge in [-0.25, -0.2) is 4.98 Å². The molecular formula is C11H13ClN2O2. The van der Waals surface area contributed by atoms with E-state index in [0.29, 0.717) is 17.3 Å². The van der Waals surface area contributed by atoms with E-state index in [0.717, 1.165) is 12.8 Å². The molecule has 0 aliphatic heterocycles. The van der Waals surface area contributed by atoms with Crippen LogP contribution in [0.1, 0.15) is 19.3 Å². The highest BCUT2D eigenvalue weighted by Crippen LogP contribution is 2.26. The first-order chi connectivity index (χ1) is 7.66. The molecule has 1 amide bonds. The highest BCUT2D eigenvalue weighted by atomic mass is 35.5. The van der Waals surface area contributed by atoms with Crippen molar-refractivity contribution in [1.29, 1.82) is 0 Å². The van der Waals surface area contributed by atoms with Gasteiger partial charge in [-0.05, 0) is 31.4 Å². The third kappa shape index (κ3) is 2.51. The predicted octanol–water partition coefficient (Wildman–Crippen LogP) is 1.83. The number of carbonyl (C=O) groups is 1. The fourth-order valence-electron chi connectivity index (χ4n) is 1.93. The number of nitrogens with one attached hydrogen (secondary N) is 1. The number of halogens is 1. The Bertz CT molecular complexity index is 380. The van der Waals surface area contributed by atoms with E-state index < -0.39 is 6.10 Å². The summed E-state index contributed by atoms with van der Waals surface area (Å²) in [7, 11) is 0. The van der Waals surface area contributed by atoms with Gasteiger partial charge in [0.15, 0.2) is 0 Å². The van der Waals surface area contributed by atoms with E-state index >= 15 is 0 Å². The van der Waals surface area contributed by atoms with Crippen LogP contribution in [-0.4, -0.2) is 22.1 Å². The van der Waals surface area contributed by atoms with Gasteiger partial charge in [0.05, 0.1) is 23.9 Å². The normalized spacial score (nSPS) is 24.4. The Morgan fingerprint density at radius 3 is 2.88 bits per heavy atom. The summed E-state index contributed by atoms with van der Waals surface area (Å²) < 4.78 is 0. The molecule has 1 fully saturated rings. The summed E-state index contributed by atoms with van der Waals surface area (Å²) in [5.74, 6) is -0.440. The van der Waals surface area contributed by atoms with Crippen LogP contribution in [0.25, 0.3) is 0 Å². The number of rotatable bonds is 2. The number of aliphatic hydroxyl groups is 1. The van der Waals surface area contributed by atoms with E-state index in [2.05, 4.69) is 10.3 Å². The van der Waals surface area contributed by atoms with Gasteiger partial charge in [-0.15, -0.1) is 0 Å². The molecule has 1 aromatic heterocycles. The van der Waals surface area contributed by atoms with E-state index in [9.17, 15) is 9.90 Å².